The zero-order valence-electron chi connectivity index (χ0n) is 9.82. The molecule has 3 heteroatoms. The summed E-state index contributed by atoms with van der Waals surface area (Å²) in [5, 5.41) is 8.62. The number of unbranched alkanes of at least 4 members (excludes halogenated alkanes) is 2. The van der Waals surface area contributed by atoms with Gasteiger partial charge in [0, 0.05) is 13.7 Å². The Bertz CT molecular complexity index is 286. The number of hydrogen-bond donors (Lipinski definition) is 1. The van der Waals surface area contributed by atoms with E-state index in [0.29, 0.717) is 13.2 Å². The Labute approximate surface area is 97.0 Å². The van der Waals surface area contributed by atoms with Crippen LogP contribution in [0.15, 0.2) is 24.3 Å². The first-order valence-electron chi connectivity index (χ1n) is 5.68. The molecular weight excluding hydrogens is 204 g/mol. The maximum absolute atomic E-state index is 8.62. The van der Waals surface area contributed by atoms with Gasteiger partial charge < -0.3 is 14.6 Å². The van der Waals surface area contributed by atoms with E-state index < -0.39 is 0 Å². The molecule has 0 radical (unpaired) electrons. The fourth-order valence-corrected chi connectivity index (χ4v) is 1.47. The van der Waals surface area contributed by atoms with E-state index in [2.05, 4.69) is 0 Å². The Morgan fingerprint density at radius 2 is 2.06 bits per heavy atom. The monoisotopic (exact) mass is 224 g/mol. The van der Waals surface area contributed by atoms with Crippen molar-refractivity contribution in [2.45, 2.75) is 25.9 Å². The molecule has 0 aliphatic rings. The van der Waals surface area contributed by atoms with Gasteiger partial charge in [0.05, 0.1) is 13.2 Å². The zero-order valence-corrected chi connectivity index (χ0v) is 9.82. The second-order valence-electron chi connectivity index (χ2n) is 3.71. The molecule has 0 aliphatic heterocycles. The van der Waals surface area contributed by atoms with Gasteiger partial charge in [0.15, 0.2) is 0 Å². The number of rotatable bonds is 8. The molecule has 0 saturated heterocycles. The average molecular weight is 224 g/mol. The van der Waals surface area contributed by atoms with E-state index in [9.17, 15) is 0 Å². The Kier molecular flexibility index (Phi) is 6.61. The maximum atomic E-state index is 8.62. The minimum atomic E-state index is 0.267. The lowest BCUT2D eigenvalue weighted by Gasteiger charge is -2.07. The predicted molar refractivity (Wildman–Crippen MR) is 63.6 cm³/mol. The number of hydrogen-bond acceptors (Lipinski definition) is 3. The van der Waals surface area contributed by atoms with Crippen LogP contribution in [-0.4, -0.2) is 25.4 Å². The molecule has 1 rings (SSSR count). The lowest BCUT2D eigenvalue weighted by Crippen LogP contribution is -1.98. The highest BCUT2D eigenvalue weighted by Crippen LogP contribution is 2.14. The topological polar surface area (TPSA) is 38.7 Å². The predicted octanol–water partition coefficient (Wildman–Crippen LogP) is 2.37. The van der Waals surface area contributed by atoms with Gasteiger partial charge in [0.2, 0.25) is 0 Å². The molecule has 0 unspecified atom stereocenters. The fraction of sp³-hybridized carbons (Fsp3) is 0.538. The third-order valence-electron chi connectivity index (χ3n) is 2.28. The van der Waals surface area contributed by atoms with Crippen molar-refractivity contribution in [3.63, 3.8) is 0 Å². The summed E-state index contributed by atoms with van der Waals surface area (Å²) >= 11 is 0. The minimum Gasteiger partial charge on any atom is -0.494 e. The molecule has 16 heavy (non-hydrogen) atoms. The van der Waals surface area contributed by atoms with Gasteiger partial charge in [0.1, 0.15) is 5.75 Å². The molecule has 0 saturated carbocycles. The Balaban J connectivity index is 2.27. The van der Waals surface area contributed by atoms with Crippen molar-refractivity contribution in [2.75, 3.05) is 20.3 Å². The number of aliphatic hydroxyl groups excluding tert-OH is 1. The molecule has 3 nitrogen and oxygen atoms in total. The molecule has 1 aromatic rings. The van der Waals surface area contributed by atoms with E-state index in [1.165, 1.54) is 0 Å². The van der Waals surface area contributed by atoms with Crippen LogP contribution in [0.1, 0.15) is 24.8 Å². The Morgan fingerprint density at radius 3 is 2.81 bits per heavy atom. The van der Waals surface area contributed by atoms with Gasteiger partial charge in [-0.3, -0.25) is 0 Å². The van der Waals surface area contributed by atoms with Crippen molar-refractivity contribution in [3.8, 4) is 5.75 Å². The Hall–Kier alpha value is -1.06. The largest absolute Gasteiger partial charge is 0.494 e. The van der Waals surface area contributed by atoms with Crippen LogP contribution in [-0.2, 0) is 11.3 Å². The summed E-state index contributed by atoms with van der Waals surface area (Å²) in [6, 6.07) is 7.93. The standard InChI is InChI=1S/C13H20O3/c1-15-11-12-6-5-7-13(10-12)16-9-4-2-3-8-14/h5-7,10,14H,2-4,8-9,11H2,1H3. The van der Waals surface area contributed by atoms with Gasteiger partial charge in [-0.2, -0.15) is 0 Å². The van der Waals surface area contributed by atoms with Gasteiger partial charge in [-0.15, -0.1) is 0 Å². The summed E-state index contributed by atoms with van der Waals surface area (Å²) in [4.78, 5) is 0. The molecule has 1 N–H and O–H groups in total. The van der Waals surface area contributed by atoms with Crippen molar-refractivity contribution in [3.05, 3.63) is 29.8 Å². The van der Waals surface area contributed by atoms with Crippen molar-refractivity contribution in [2.24, 2.45) is 0 Å². The molecule has 90 valence electrons. The van der Waals surface area contributed by atoms with Crippen molar-refractivity contribution in [1.82, 2.24) is 0 Å². The maximum Gasteiger partial charge on any atom is 0.119 e. The highest BCUT2D eigenvalue weighted by atomic mass is 16.5. The van der Waals surface area contributed by atoms with E-state index in [1.54, 1.807) is 7.11 Å². The van der Waals surface area contributed by atoms with Crippen LogP contribution in [0.3, 0.4) is 0 Å². The smallest absolute Gasteiger partial charge is 0.119 e. The third kappa shape index (κ3) is 5.14. The van der Waals surface area contributed by atoms with E-state index in [4.69, 9.17) is 14.6 Å². The molecule has 0 bridgehead atoms. The third-order valence-corrected chi connectivity index (χ3v) is 2.28. The summed E-state index contributed by atoms with van der Waals surface area (Å²) in [5.41, 5.74) is 1.12. The average Bonchev–Trinajstić information content (AvgIpc) is 2.30. The molecule has 0 aliphatic carbocycles. The fourth-order valence-electron chi connectivity index (χ4n) is 1.47. The summed E-state index contributed by atoms with van der Waals surface area (Å²) < 4.78 is 10.7. The van der Waals surface area contributed by atoms with Crippen molar-refractivity contribution >= 4 is 0 Å². The molecular formula is C13H20O3. The normalized spacial score (nSPS) is 10.4. The van der Waals surface area contributed by atoms with Crippen LogP contribution in [0.5, 0.6) is 5.75 Å². The Morgan fingerprint density at radius 1 is 1.19 bits per heavy atom. The molecule has 1 aromatic carbocycles. The van der Waals surface area contributed by atoms with E-state index in [0.717, 1.165) is 30.6 Å². The molecule has 0 fully saturated rings. The van der Waals surface area contributed by atoms with Crippen molar-refractivity contribution in [1.29, 1.82) is 0 Å². The highest BCUT2D eigenvalue weighted by molar-refractivity contribution is 5.28. The molecule has 0 spiro atoms. The van der Waals surface area contributed by atoms with Crippen molar-refractivity contribution < 1.29 is 14.6 Å². The first-order chi connectivity index (χ1) is 7.86. The van der Waals surface area contributed by atoms with Gasteiger partial charge in [-0.1, -0.05) is 12.1 Å². The summed E-state index contributed by atoms with van der Waals surface area (Å²) in [6.45, 7) is 1.58. The van der Waals surface area contributed by atoms with Crippen LogP contribution < -0.4 is 4.74 Å². The quantitative estimate of drug-likeness (QED) is 0.689. The van der Waals surface area contributed by atoms with Crippen LogP contribution in [0.4, 0.5) is 0 Å². The number of benzene rings is 1. The van der Waals surface area contributed by atoms with Crippen LogP contribution in [0.2, 0.25) is 0 Å². The molecule has 0 amide bonds. The second-order valence-corrected chi connectivity index (χ2v) is 3.71. The molecule has 0 heterocycles. The lowest BCUT2D eigenvalue weighted by atomic mass is 10.2. The molecule has 0 aromatic heterocycles. The summed E-state index contributed by atoms with van der Waals surface area (Å²) in [6.07, 6.45) is 2.84. The van der Waals surface area contributed by atoms with Gasteiger partial charge in [0.25, 0.3) is 0 Å². The minimum absolute atomic E-state index is 0.267. The van der Waals surface area contributed by atoms with Gasteiger partial charge >= 0.3 is 0 Å². The van der Waals surface area contributed by atoms with Gasteiger partial charge in [-0.05, 0) is 37.0 Å². The van der Waals surface area contributed by atoms with E-state index >= 15 is 0 Å². The van der Waals surface area contributed by atoms with Crippen LogP contribution >= 0.6 is 0 Å². The van der Waals surface area contributed by atoms with Crippen LogP contribution in [0, 0.1) is 0 Å². The summed E-state index contributed by atoms with van der Waals surface area (Å²) in [7, 11) is 1.68. The lowest BCUT2D eigenvalue weighted by molar-refractivity contribution is 0.184. The number of aliphatic hydroxyl groups is 1. The highest BCUT2D eigenvalue weighted by Gasteiger charge is 1.96. The SMILES string of the molecule is COCc1cccc(OCCCCCO)c1. The number of ether oxygens (including phenoxy) is 2. The summed E-state index contributed by atoms with van der Waals surface area (Å²) in [5.74, 6) is 0.888. The second kappa shape index (κ2) is 8.13. The first-order valence-corrected chi connectivity index (χ1v) is 5.68. The van der Waals surface area contributed by atoms with E-state index in [1.807, 2.05) is 24.3 Å². The number of methoxy groups -OCH3 is 1. The zero-order chi connectivity index (χ0) is 11.6. The van der Waals surface area contributed by atoms with Gasteiger partial charge in [-0.25, -0.2) is 0 Å². The van der Waals surface area contributed by atoms with E-state index in [-0.39, 0.29) is 6.61 Å². The molecule has 0 atom stereocenters. The first kappa shape index (κ1) is 13.0. The van der Waals surface area contributed by atoms with Crippen LogP contribution in [0.25, 0.3) is 0 Å².